The summed E-state index contributed by atoms with van der Waals surface area (Å²) in [6.07, 6.45) is 0. The summed E-state index contributed by atoms with van der Waals surface area (Å²) in [6.45, 7) is 0.990. The summed E-state index contributed by atoms with van der Waals surface area (Å²) < 4.78 is 42.7. The molecule has 3 aromatic rings. The molecule has 1 amide bonds. The van der Waals surface area contributed by atoms with E-state index >= 15 is 0 Å². The maximum Gasteiger partial charge on any atom is 0.265 e. The van der Waals surface area contributed by atoms with Gasteiger partial charge in [0.2, 0.25) is 5.91 Å². The first-order chi connectivity index (χ1) is 17.1. The SMILES string of the molecule is C[C@H](C(=O)N[C@@H](CO)CSCc1ccccc1)N(c1cc(Cl)ccc1F)S(=O)(=O)c1ccc(Cl)cc1. The highest BCUT2D eigenvalue weighted by molar-refractivity contribution is 7.98. The van der Waals surface area contributed by atoms with Crippen LogP contribution in [-0.2, 0) is 20.6 Å². The average Bonchev–Trinajstić information content (AvgIpc) is 2.86. The maximum absolute atomic E-state index is 14.8. The molecule has 0 aromatic heterocycles. The predicted molar refractivity (Wildman–Crippen MR) is 144 cm³/mol. The monoisotopic (exact) mass is 570 g/mol. The first kappa shape index (κ1) is 28.3. The molecule has 0 heterocycles. The van der Waals surface area contributed by atoms with Crippen LogP contribution < -0.4 is 9.62 Å². The second-order valence-electron chi connectivity index (χ2n) is 7.92. The van der Waals surface area contributed by atoms with Gasteiger partial charge in [-0.15, -0.1) is 0 Å². The summed E-state index contributed by atoms with van der Waals surface area (Å²) in [4.78, 5) is 13.0. The van der Waals surface area contributed by atoms with E-state index in [1.54, 1.807) is 0 Å². The molecular formula is C25H25Cl2FN2O4S2. The summed E-state index contributed by atoms with van der Waals surface area (Å²) in [6, 6.07) is 16.5. The highest BCUT2D eigenvalue weighted by atomic mass is 35.5. The third-order valence-corrected chi connectivity index (χ3v) is 8.81. The number of hydrogen-bond acceptors (Lipinski definition) is 5. The number of anilines is 1. The lowest BCUT2D eigenvalue weighted by atomic mass is 10.2. The molecule has 0 aliphatic carbocycles. The molecule has 0 spiro atoms. The molecule has 0 saturated carbocycles. The Balaban J connectivity index is 1.84. The van der Waals surface area contributed by atoms with Crippen LogP contribution in [0.3, 0.4) is 0 Å². The van der Waals surface area contributed by atoms with Gasteiger partial charge in [0.1, 0.15) is 11.9 Å². The Morgan fingerprint density at radius 2 is 1.69 bits per heavy atom. The third-order valence-electron chi connectivity index (χ3n) is 5.24. The van der Waals surface area contributed by atoms with Gasteiger partial charge in [0.05, 0.1) is 23.2 Å². The molecule has 0 saturated heterocycles. The number of sulfonamides is 1. The fourth-order valence-electron chi connectivity index (χ4n) is 3.38. The third kappa shape index (κ3) is 7.14. The second-order valence-corrected chi connectivity index (χ2v) is 11.6. The van der Waals surface area contributed by atoms with Crippen LogP contribution in [-0.4, -0.2) is 43.9 Å². The minimum absolute atomic E-state index is 0.0980. The van der Waals surface area contributed by atoms with Crippen molar-refractivity contribution in [1.29, 1.82) is 0 Å². The molecule has 36 heavy (non-hydrogen) atoms. The molecule has 0 aliphatic rings. The van der Waals surface area contributed by atoms with Crippen LogP contribution in [0, 0.1) is 5.82 Å². The van der Waals surface area contributed by atoms with Gasteiger partial charge in [0.25, 0.3) is 10.0 Å². The molecule has 192 valence electrons. The van der Waals surface area contributed by atoms with Gasteiger partial charge in [-0.2, -0.15) is 11.8 Å². The van der Waals surface area contributed by atoms with Crippen LogP contribution in [0.15, 0.2) is 77.7 Å². The number of carbonyl (C=O) groups is 1. The number of carbonyl (C=O) groups excluding carboxylic acids is 1. The normalized spacial score (nSPS) is 13.1. The number of halogens is 3. The Morgan fingerprint density at radius 3 is 2.33 bits per heavy atom. The van der Waals surface area contributed by atoms with E-state index in [1.807, 2.05) is 30.3 Å². The van der Waals surface area contributed by atoms with E-state index in [4.69, 9.17) is 23.2 Å². The molecule has 0 radical (unpaired) electrons. The molecular weight excluding hydrogens is 546 g/mol. The summed E-state index contributed by atoms with van der Waals surface area (Å²) in [5.74, 6) is -0.507. The van der Waals surface area contributed by atoms with E-state index in [-0.39, 0.29) is 22.2 Å². The summed E-state index contributed by atoms with van der Waals surface area (Å²) >= 11 is 13.4. The molecule has 2 atom stereocenters. The fourth-order valence-corrected chi connectivity index (χ4v) is 6.31. The van der Waals surface area contributed by atoms with Crippen molar-refractivity contribution < 1.29 is 22.7 Å². The maximum atomic E-state index is 14.8. The van der Waals surface area contributed by atoms with Gasteiger partial charge < -0.3 is 10.4 Å². The van der Waals surface area contributed by atoms with Crippen LogP contribution in [0.25, 0.3) is 0 Å². The number of nitrogens with zero attached hydrogens (tertiary/aromatic N) is 1. The van der Waals surface area contributed by atoms with Gasteiger partial charge in [-0.05, 0) is 55.0 Å². The van der Waals surface area contributed by atoms with Gasteiger partial charge in [0.15, 0.2) is 0 Å². The van der Waals surface area contributed by atoms with E-state index in [0.29, 0.717) is 20.8 Å². The molecule has 3 rings (SSSR count). The topological polar surface area (TPSA) is 86.7 Å². The Kier molecular flexibility index (Phi) is 10.0. The van der Waals surface area contributed by atoms with E-state index in [2.05, 4.69) is 5.32 Å². The van der Waals surface area contributed by atoms with Crippen molar-refractivity contribution in [2.45, 2.75) is 29.7 Å². The molecule has 2 N–H and O–H groups in total. The zero-order valence-electron chi connectivity index (χ0n) is 19.3. The van der Waals surface area contributed by atoms with Crippen molar-refractivity contribution in [1.82, 2.24) is 5.32 Å². The molecule has 6 nitrogen and oxygen atoms in total. The first-order valence-electron chi connectivity index (χ1n) is 10.9. The van der Waals surface area contributed by atoms with E-state index in [1.165, 1.54) is 49.0 Å². The Hall–Kier alpha value is -2.30. The second kappa shape index (κ2) is 12.8. The van der Waals surface area contributed by atoms with Gasteiger partial charge in [0, 0.05) is 21.6 Å². The van der Waals surface area contributed by atoms with Gasteiger partial charge in [-0.25, -0.2) is 12.8 Å². The zero-order valence-corrected chi connectivity index (χ0v) is 22.4. The molecule has 0 aliphatic heterocycles. The Labute approximate surface area is 224 Å². The summed E-state index contributed by atoms with van der Waals surface area (Å²) in [7, 11) is -4.40. The molecule has 3 aromatic carbocycles. The number of rotatable bonds is 11. The van der Waals surface area contributed by atoms with Crippen LogP contribution >= 0.6 is 35.0 Å². The van der Waals surface area contributed by atoms with Crippen molar-refractivity contribution in [2.24, 2.45) is 0 Å². The first-order valence-corrected chi connectivity index (χ1v) is 14.3. The number of aliphatic hydroxyl groups excluding tert-OH is 1. The van der Waals surface area contributed by atoms with Gasteiger partial charge in [-0.1, -0.05) is 53.5 Å². The summed E-state index contributed by atoms with van der Waals surface area (Å²) in [5.41, 5.74) is 0.717. The highest BCUT2D eigenvalue weighted by Gasteiger charge is 2.36. The van der Waals surface area contributed by atoms with E-state index < -0.39 is 33.8 Å². The smallest absolute Gasteiger partial charge is 0.265 e. The van der Waals surface area contributed by atoms with Crippen molar-refractivity contribution >= 4 is 56.6 Å². The van der Waals surface area contributed by atoms with Crippen molar-refractivity contribution in [3.8, 4) is 0 Å². The van der Waals surface area contributed by atoms with Gasteiger partial charge in [-0.3, -0.25) is 9.10 Å². The zero-order chi connectivity index (χ0) is 26.3. The fraction of sp³-hybridized carbons (Fsp3) is 0.240. The summed E-state index contributed by atoms with van der Waals surface area (Å²) in [5, 5.41) is 12.9. The minimum Gasteiger partial charge on any atom is -0.394 e. The average molecular weight is 572 g/mol. The van der Waals surface area contributed by atoms with Crippen molar-refractivity contribution in [3.63, 3.8) is 0 Å². The van der Waals surface area contributed by atoms with E-state index in [9.17, 15) is 22.7 Å². The highest BCUT2D eigenvalue weighted by Crippen LogP contribution is 2.31. The lowest BCUT2D eigenvalue weighted by molar-refractivity contribution is -0.122. The lowest BCUT2D eigenvalue weighted by Gasteiger charge is -2.31. The Morgan fingerprint density at radius 1 is 1.06 bits per heavy atom. The van der Waals surface area contributed by atoms with Crippen LogP contribution in [0.2, 0.25) is 10.0 Å². The van der Waals surface area contributed by atoms with Crippen LogP contribution in [0.4, 0.5) is 10.1 Å². The van der Waals surface area contributed by atoms with Crippen molar-refractivity contribution in [2.75, 3.05) is 16.7 Å². The number of amides is 1. The minimum atomic E-state index is -4.40. The largest absolute Gasteiger partial charge is 0.394 e. The number of hydrogen-bond donors (Lipinski definition) is 2. The molecule has 0 fully saturated rings. The standard InChI is InChI=1S/C25H25Cl2FN2O4S2/c1-17(25(32)29-21(14-31)16-35-15-18-5-3-2-4-6-18)30(24-13-20(27)9-12-23(24)28)36(33,34)22-10-7-19(26)8-11-22/h2-13,17,21,31H,14-16H2,1H3,(H,29,32)/t17-,21+/m1/s1. The van der Waals surface area contributed by atoms with E-state index in [0.717, 1.165) is 17.7 Å². The van der Waals surface area contributed by atoms with Crippen LogP contribution in [0.5, 0.6) is 0 Å². The van der Waals surface area contributed by atoms with Gasteiger partial charge >= 0.3 is 0 Å². The Bertz CT molecular complexity index is 1280. The van der Waals surface area contributed by atoms with Crippen LogP contribution in [0.1, 0.15) is 12.5 Å². The predicted octanol–water partition coefficient (Wildman–Crippen LogP) is 5.13. The molecule has 11 heteroatoms. The molecule has 0 bridgehead atoms. The lowest BCUT2D eigenvalue weighted by Crippen LogP contribution is -2.52. The molecule has 0 unspecified atom stereocenters. The van der Waals surface area contributed by atoms with Crippen molar-refractivity contribution in [3.05, 3.63) is 94.2 Å². The number of benzene rings is 3. The number of thioether (sulfide) groups is 1. The number of aliphatic hydroxyl groups is 1. The number of nitrogens with one attached hydrogen (secondary N) is 1. The quantitative estimate of drug-likeness (QED) is 0.334.